The maximum absolute atomic E-state index is 5.75. The van der Waals surface area contributed by atoms with E-state index in [9.17, 15) is 0 Å². The molecule has 0 saturated heterocycles. The van der Waals surface area contributed by atoms with Gasteiger partial charge >= 0.3 is 0 Å². The molecule has 5 heteroatoms. The molecule has 0 fully saturated rings. The summed E-state index contributed by atoms with van der Waals surface area (Å²) in [6, 6.07) is 17.5. The quantitative estimate of drug-likeness (QED) is 0.721. The Hall–Kier alpha value is -2.92. The highest BCUT2D eigenvalue weighted by molar-refractivity contribution is 5.33. The number of hydrogen-bond acceptors (Lipinski definition) is 5. The first-order chi connectivity index (χ1) is 11.8. The molecule has 5 nitrogen and oxygen atoms in total. The van der Waals surface area contributed by atoms with Crippen molar-refractivity contribution < 1.29 is 9.47 Å². The molecule has 0 radical (unpaired) electrons. The predicted molar refractivity (Wildman–Crippen MR) is 92.1 cm³/mol. The van der Waals surface area contributed by atoms with Crippen molar-refractivity contribution in [2.24, 2.45) is 0 Å². The molecule has 0 unspecified atom stereocenters. The minimum atomic E-state index is 0.466. The molecule has 3 rings (SSSR count). The third kappa shape index (κ3) is 4.54. The smallest absolute Gasteiger partial charge is 0.237 e. The highest BCUT2D eigenvalue weighted by Crippen LogP contribution is 2.22. The molecule has 24 heavy (non-hydrogen) atoms. The molecule has 0 spiro atoms. The van der Waals surface area contributed by atoms with Gasteiger partial charge in [0.15, 0.2) is 0 Å². The Morgan fingerprint density at radius 1 is 0.875 bits per heavy atom. The maximum Gasteiger partial charge on any atom is 0.237 e. The zero-order valence-corrected chi connectivity index (χ0v) is 13.5. The number of benzene rings is 2. The van der Waals surface area contributed by atoms with Crippen molar-refractivity contribution >= 4 is 0 Å². The number of aromatic nitrogens is 2. The second kappa shape index (κ2) is 8.08. The molecule has 1 N–H and O–H groups in total. The van der Waals surface area contributed by atoms with E-state index in [0.717, 1.165) is 17.0 Å². The van der Waals surface area contributed by atoms with Gasteiger partial charge in [-0.25, -0.2) is 4.98 Å². The van der Waals surface area contributed by atoms with Gasteiger partial charge in [-0.3, -0.25) is 4.98 Å². The summed E-state index contributed by atoms with van der Waals surface area (Å²) >= 11 is 0. The van der Waals surface area contributed by atoms with E-state index in [1.807, 2.05) is 61.6 Å². The van der Waals surface area contributed by atoms with Crippen LogP contribution in [-0.4, -0.2) is 17.0 Å². The predicted octanol–water partition coefficient (Wildman–Crippen LogP) is 3.57. The molecule has 122 valence electrons. The largest absolute Gasteiger partial charge is 0.489 e. The summed E-state index contributed by atoms with van der Waals surface area (Å²) < 4.78 is 11.4. The van der Waals surface area contributed by atoms with Gasteiger partial charge in [0.25, 0.3) is 0 Å². The van der Waals surface area contributed by atoms with Gasteiger partial charge in [-0.15, -0.1) is 0 Å². The zero-order valence-electron chi connectivity index (χ0n) is 13.5. The van der Waals surface area contributed by atoms with E-state index in [2.05, 4.69) is 15.3 Å². The molecular formula is C19H19N3O2. The van der Waals surface area contributed by atoms with Crippen LogP contribution >= 0.6 is 0 Å². The third-order valence-corrected chi connectivity index (χ3v) is 3.33. The lowest BCUT2D eigenvalue weighted by molar-refractivity contribution is 0.305. The minimum absolute atomic E-state index is 0.466. The minimum Gasteiger partial charge on any atom is -0.489 e. The van der Waals surface area contributed by atoms with E-state index in [4.69, 9.17) is 9.47 Å². The average Bonchev–Trinajstić information content (AvgIpc) is 2.64. The van der Waals surface area contributed by atoms with Crippen molar-refractivity contribution in [1.29, 1.82) is 0 Å². The normalized spacial score (nSPS) is 10.4. The van der Waals surface area contributed by atoms with Crippen molar-refractivity contribution in [3.05, 3.63) is 78.2 Å². The van der Waals surface area contributed by atoms with Crippen LogP contribution in [0, 0.1) is 0 Å². The van der Waals surface area contributed by atoms with Crippen LogP contribution < -0.4 is 14.8 Å². The highest BCUT2D eigenvalue weighted by atomic mass is 16.5. The zero-order chi connectivity index (χ0) is 16.6. The third-order valence-electron chi connectivity index (χ3n) is 3.33. The van der Waals surface area contributed by atoms with Gasteiger partial charge < -0.3 is 14.8 Å². The maximum atomic E-state index is 5.75. The van der Waals surface area contributed by atoms with Crippen LogP contribution in [0.15, 0.2) is 67.0 Å². The molecular weight excluding hydrogens is 302 g/mol. The lowest BCUT2D eigenvalue weighted by atomic mass is 10.2. The van der Waals surface area contributed by atoms with E-state index in [-0.39, 0.29) is 0 Å². The SMILES string of the molecule is CNCc1cnc(Oc2ccc(OCc3ccccc3)cc2)cn1. The van der Waals surface area contributed by atoms with E-state index in [0.29, 0.717) is 24.8 Å². The van der Waals surface area contributed by atoms with E-state index < -0.39 is 0 Å². The summed E-state index contributed by atoms with van der Waals surface area (Å²) in [5.74, 6) is 1.95. The Morgan fingerprint density at radius 2 is 1.62 bits per heavy atom. The molecule has 1 aromatic heterocycles. The van der Waals surface area contributed by atoms with Gasteiger partial charge in [-0.05, 0) is 36.9 Å². The fraction of sp³-hybridized carbons (Fsp3) is 0.158. The number of hydrogen-bond donors (Lipinski definition) is 1. The van der Waals surface area contributed by atoms with Crippen LogP contribution in [-0.2, 0) is 13.2 Å². The van der Waals surface area contributed by atoms with Gasteiger partial charge in [-0.2, -0.15) is 0 Å². The summed E-state index contributed by atoms with van der Waals surface area (Å²) in [4.78, 5) is 8.51. The topological polar surface area (TPSA) is 56.3 Å². The fourth-order valence-electron chi connectivity index (χ4n) is 2.13. The lowest BCUT2D eigenvalue weighted by Crippen LogP contribution is -2.07. The first-order valence-electron chi connectivity index (χ1n) is 7.73. The fourth-order valence-corrected chi connectivity index (χ4v) is 2.13. The van der Waals surface area contributed by atoms with Crippen molar-refractivity contribution in [3.8, 4) is 17.4 Å². The summed E-state index contributed by atoms with van der Waals surface area (Å²) in [6.45, 7) is 1.22. The van der Waals surface area contributed by atoms with Crippen molar-refractivity contribution in [3.63, 3.8) is 0 Å². The molecule has 2 aromatic carbocycles. The number of ether oxygens (including phenoxy) is 2. The molecule has 0 aliphatic rings. The monoisotopic (exact) mass is 321 g/mol. The Labute approximate surface area is 141 Å². The Morgan fingerprint density at radius 3 is 2.29 bits per heavy atom. The van der Waals surface area contributed by atoms with Gasteiger partial charge in [0.1, 0.15) is 18.1 Å². The molecule has 1 heterocycles. The van der Waals surface area contributed by atoms with Crippen LogP contribution in [0.2, 0.25) is 0 Å². The van der Waals surface area contributed by atoms with E-state index in [1.165, 1.54) is 0 Å². The van der Waals surface area contributed by atoms with Gasteiger partial charge in [0.05, 0.1) is 18.1 Å². The number of rotatable bonds is 7. The molecule has 0 bridgehead atoms. The summed E-state index contributed by atoms with van der Waals surface area (Å²) in [5, 5.41) is 3.03. The summed E-state index contributed by atoms with van der Waals surface area (Å²) in [5.41, 5.74) is 2.00. The standard InChI is InChI=1S/C19H19N3O2/c1-20-11-16-12-22-19(13-21-16)24-18-9-7-17(8-10-18)23-14-15-5-3-2-4-6-15/h2-10,12-13,20H,11,14H2,1H3. The van der Waals surface area contributed by atoms with Crippen LogP contribution in [0.1, 0.15) is 11.3 Å². The van der Waals surface area contributed by atoms with Crippen LogP contribution in [0.25, 0.3) is 0 Å². The molecule has 0 saturated carbocycles. The average molecular weight is 321 g/mol. The molecule has 0 atom stereocenters. The van der Waals surface area contributed by atoms with Crippen molar-refractivity contribution in [2.75, 3.05) is 7.05 Å². The van der Waals surface area contributed by atoms with E-state index in [1.54, 1.807) is 12.4 Å². The van der Waals surface area contributed by atoms with E-state index >= 15 is 0 Å². The van der Waals surface area contributed by atoms with Gasteiger partial charge in [0.2, 0.25) is 5.88 Å². The Balaban J connectivity index is 1.56. The molecule has 0 amide bonds. The van der Waals surface area contributed by atoms with Crippen molar-refractivity contribution in [2.45, 2.75) is 13.2 Å². The van der Waals surface area contributed by atoms with Gasteiger partial charge in [0, 0.05) is 6.54 Å². The molecule has 0 aliphatic carbocycles. The van der Waals surface area contributed by atoms with Crippen LogP contribution in [0.4, 0.5) is 0 Å². The summed E-state index contributed by atoms with van der Waals surface area (Å²) in [6.07, 6.45) is 3.32. The first kappa shape index (κ1) is 16.0. The Bertz CT molecular complexity index is 744. The van der Waals surface area contributed by atoms with Crippen LogP contribution in [0.3, 0.4) is 0 Å². The molecule has 0 aliphatic heterocycles. The van der Waals surface area contributed by atoms with Crippen molar-refractivity contribution in [1.82, 2.24) is 15.3 Å². The number of nitrogens with one attached hydrogen (secondary N) is 1. The Kier molecular flexibility index (Phi) is 5.37. The second-order valence-corrected chi connectivity index (χ2v) is 5.22. The van der Waals surface area contributed by atoms with Gasteiger partial charge in [-0.1, -0.05) is 30.3 Å². The van der Waals surface area contributed by atoms with Crippen LogP contribution in [0.5, 0.6) is 17.4 Å². The lowest BCUT2D eigenvalue weighted by Gasteiger charge is -2.08. The molecule has 3 aromatic rings. The first-order valence-corrected chi connectivity index (χ1v) is 7.73. The summed E-state index contributed by atoms with van der Waals surface area (Å²) in [7, 11) is 1.87. The second-order valence-electron chi connectivity index (χ2n) is 5.22. The highest BCUT2D eigenvalue weighted by Gasteiger charge is 2.02. The number of nitrogens with zero attached hydrogens (tertiary/aromatic N) is 2.